The molecule has 5 nitrogen and oxygen atoms in total. The molecule has 2 aromatic heterocycles. The summed E-state index contributed by atoms with van der Waals surface area (Å²) < 4.78 is 13.0. The molecule has 0 unspecified atom stereocenters. The number of benzene rings is 2. The standard InChI is InChI=1S/C22H21ClN3O2S2.ClH/c1-14-20(13-29-30-17-6-4-5-15(23)11-17)26(10-9-21(14)28-3)22-24-18-8-7-16(27-2)12-19(18)25-22;/h4-12H,13H2,1-3H3,(H,24,25);1H/q+1;/p-1. The second-order valence-electron chi connectivity index (χ2n) is 6.57. The zero-order chi connectivity index (χ0) is 21.1. The maximum Gasteiger partial charge on any atom is 0.402 e. The van der Waals surface area contributed by atoms with E-state index in [-0.39, 0.29) is 12.4 Å². The third kappa shape index (κ3) is 5.23. The molecule has 9 heteroatoms. The van der Waals surface area contributed by atoms with Crippen LogP contribution >= 0.6 is 33.2 Å². The fourth-order valence-corrected chi connectivity index (χ4v) is 5.62. The molecule has 1 N–H and O–H groups in total. The highest BCUT2D eigenvalue weighted by molar-refractivity contribution is 8.76. The molecule has 0 amide bonds. The van der Waals surface area contributed by atoms with Gasteiger partial charge < -0.3 is 21.9 Å². The van der Waals surface area contributed by atoms with Crippen LogP contribution in [0.25, 0.3) is 17.0 Å². The number of methoxy groups -OCH3 is 2. The summed E-state index contributed by atoms with van der Waals surface area (Å²) in [5.74, 6) is 3.16. The van der Waals surface area contributed by atoms with Crippen molar-refractivity contribution in [3.8, 4) is 17.4 Å². The number of halogens is 2. The Morgan fingerprint density at radius 1 is 1.10 bits per heavy atom. The number of nitrogens with zero attached hydrogens (tertiary/aromatic N) is 2. The molecular weight excluding hydrogens is 473 g/mol. The smallest absolute Gasteiger partial charge is 0.402 e. The van der Waals surface area contributed by atoms with Gasteiger partial charge in [0, 0.05) is 27.6 Å². The van der Waals surface area contributed by atoms with E-state index in [0.29, 0.717) is 0 Å². The van der Waals surface area contributed by atoms with Crippen molar-refractivity contribution in [2.45, 2.75) is 17.6 Å². The Kier molecular flexibility index (Phi) is 8.00. The summed E-state index contributed by atoms with van der Waals surface area (Å²) in [4.78, 5) is 9.31. The van der Waals surface area contributed by atoms with Crippen molar-refractivity contribution in [1.29, 1.82) is 0 Å². The van der Waals surface area contributed by atoms with Crippen LogP contribution < -0.4 is 26.4 Å². The molecule has 0 bridgehead atoms. The number of nitrogens with one attached hydrogen (secondary N) is 1. The van der Waals surface area contributed by atoms with E-state index in [4.69, 9.17) is 26.1 Å². The highest BCUT2D eigenvalue weighted by Crippen LogP contribution is 2.35. The van der Waals surface area contributed by atoms with E-state index in [2.05, 4.69) is 22.5 Å². The number of pyridine rings is 1. The van der Waals surface area contributed by atoms with Crippen molar-refractivity contribution in [3.63, 3.8) is 0 Å². The Balaban J connectivity index is 0.00000272. The second-order valence-corrected chi connectivity index (χ2v) is 9.38. The van der Waals surface area contributed by atoms with Crippen LogP contribution in [0.2, 0.25) is 5.02 Å². The molecule has 162 valence electrons. The van der Waals surface area contributed by atoms with E-state index in [0.717, 1.165) is 55.4 Å². The molecule has 2 heterocycles. The zero-order valence-electron chi connectivity index (χ0n) is 17.2. The molecule has 0 fully saturated rings. The molecule has 2 aromatic carbocycles. The highest BCUT2D eigenvalue weighted by Gasteiger charge is 2.21. The van der Waals surface area contributed by atoms with Crippen molar-refractivity contribution in [2.75, 3.05) is 14.2 Å². The molecule has 0 atom stereocenters. The molecule has 0 aliphatic carbocycles. The molecule has 0 aliphatic heterocycles. The zero-order valence-corrected chi connectivity index (χ0v) is 20.3. The van der Waals surface area contributed by atoms with Gasteiger partial charge in [-0.2, -0.15) is 0 Å². The van der Waals surface area contributed by atoms with Gasteiger partial charge in [0.2, 0.25) is 0 Å². The number of aromatic nitrogens is 3. The average molecular weight is 494 g/mol. The quantitative estimate of drug-likeness (QED) is 0.317. The number of rotatable bonds is 7. The minimum atomic E-state index is 0. The van der Waals surface area contributed by atoms with Crippen molar-refractivity contribution in [3.05, 3.63) is 71.0 Å². The van der Waals surface area contributed by atoms with Crippen molar-refractivity contribution in [1.82, 2.24) is 9.97 Å². The van der Waals surface area contributed by atoms with Crippen molar-refractivity contribution < 1.29 is 26.4 Å². The van der Waals surface area contributed by atoms with Gasteiger partial charge in [-0.1, -0.05) is 44.2 Å². The summed E-state index contributed by atoms with van der Waals surface area (Å²) in [6, 6.07) is 15.7. The van der Waals surface area contributed by atoms with E-state index in [1.807, 2.05) is 48.7 Å². The summed E-state index contributed by atoms with van der Waals surface area (Å²) in [5.41, 5.74) is 4.01. The lowest BCUT2D eigenvalue weighted by Gasteiger charge is -2.12. The van der Waals surface area contributed by atoms with Gasteiger partial charge in [-0.25, -0.2) is 9.55 Å². The maximum atomic E-state index is 6.11. The summed E-state index contributed by atoms with van der Waals surface area (Å²) >= 11 is 6.11. The lowest BCUT2D eigenvalue weighted by atomic mass is 10.2. The maximum absolute atomic E-state index is 6.11. The summed E-state index contributed by atoms with van der Waals surface area (Å²) in [6.07, 6.45) is 1.99. The normalized spacial score (nSPS) is 10.7. The van der Waals surface area contributed by atoms with Crippen LogP contribution in [0.1, 0.15) is 11.3 Å². The molecule has 0 spiro atoms. The molecule has 0 radical (unpaired) electrons. The first-order valence-corrected chi connectivity index (χ1v) is 12.0. The number of fused-ring (bicyclic) bond motifs is 1. The summed E-state index contributed by atoms with van der Waals surface area (Å²) in [7, 11) is 6.79. The number of hydrogen-bond acceptors (Lipinski definition) is 5. The third-order valence-corrected chi connectivity index (χ3v) is 7.22. The van der Waals surface area contributed by atoms with Gasteiger partial charge in [0.05, 0.1) is 26.2 Å². The van der Waals surface area contributed by atoms with E-state index in [1.165, 1.54) is 0 Å². The number of H-pyrrole nitrogens is 1. The first-order chi connectivity index (χ1) is 14.6. The minimum absolute atomic E-state index is 0. The first kappa shape index (κ1) is 23.6. The highest BCUT2D eigenvalue weighted by atomic mass is 35.5. The molecule has 0 saturated carbocycles. The molecule has 31 heavy (non-hydrogen) atoms. The van der Waals surface area contributed by atoms with Gasteiger partial charge in [-0.05, 0) is 37.3 Å². The van der Waals surface area contributed by atoms with Gasteiger partial charge in [0.15, 0.2) is 5.52 Å². The molecule has 0 saturated heterocycles. The lowest BCUT2D eigenvalue weighted by molar-refractivity contribution is -0.610. The van der Waals surface area contributed by atoms with Crippen molar-refractivity contribution in [2.24, 2.45) is 0 Å². The van der Waals surface area contributed by atoms with Gasteiger partial charge in [0.25, 0.3) is 0 Å². The first-order valence-electron chi connectivity index (χ1n) is 9.26. The van der Waals surface area contributed by atoms with Gasteiger partial charge in [-0.3, -0.25) is 0 Å². The molecule has 4 rings (SSSR count). The summed E-state index contributed by atoms with van der Waals surface area (Å²) in [6.45, 7) is 2.07. The van der Waals surface area contributed by atoms with E-state index < -0.39 is 0 Å². The number of hydrogen-bond donors (Lipinski definition) is 1. The van der Waals surface area contributed by atoms with Crippen LogP contribution in [-0.2, 0) is 5.75 Å². The number of imidazole rings is 1. The topological polar surface area (TPSA) is 51.0 Å². The number of ether oxygens (including phenoxy) is 2. The summed E-state index contributed by atoms with van der Waals surface area (Å²) in [5, 5.41) is 0.742. The Morgan fingerprint density at radius 3 is 2.68 bits per heavy atom. The Bertz CT molecular complexity index is 1200. The van der Waals surface area contributed by atoms with Crippen molar-refractivity contribution >= 4 is 44.2 Å². The Morgan fingerprint density at radius 2 is 1.94 bits per heavy atom. The Hall–Kier alpha value is -2.06. The average Bonchev–Trinajstić information content (AvgIpc) is 3.17. The van der Waals surface area contributed by atoms with E-state index >= 15 is 0 Å². The molecule has 4 aromatic rings. The monoisotopic (exact) mass is 493 g/mol. The molecular formula is C22H21Cl2N3O2S2. The predicted molar refractivity (Wildman–Crippen MR) is 124 cm³/mol. The van der Waals surface area contributed by atoms with Gasteiger partial charge in [0.1, 0.15) is 22.7 Å². The largest absolute Gasteiger partial charge is 1.00 e. The van der Waals surface area contributed by atoms with Crippen LogP contribution in [0.4, 0.5) is 0 Å². The fraction of sp³-hybridized carbons (Fsp3) is 0.182. The second kappa shape index (κ2) is 10.5. The Labute approximate surface area is 200 Å². The lowest BCUT2D eigenvalue weighted by Crippen LogP contribution is -3.00. The van der Waals surface area contributed by atoms with E-state index in [9.17, 15) is 0 Å². The number of aromatic amines is 1. The van der Waals surface area contributed by atoms with Crippen LogP contribution in [-0.4, -0.2) is 24.2 Å². The SMILES string of the molecule is COc1ccc2[nH]c(-[n+]3ccc(OC)c(C)c3CSSc3cccc(Cl)c3)nc2c1.[Cl-]. The van der Waals surface area contributed by atoms with Crippen LogP contribution in [0.3, 0.4) is 0 Å². The van der Waals surface area contributed by atoms with Gasteiger partial charge >= 0.3 is 5.95 Å². The fourth-order valence-electron chi connectivity index (χ4n) is 3.16. The van der Waals surface area contributed by atoms with Crippen LogP contribution in [0, 0.1) is 6.92 Å². The van der Waals surface area contributed by atoms with Gasteiger partial charge in [-0.15, -0.1) is 0 Å². The predicted octanol–water partition coefficient (Wildman–Crippen LogP) is 2.76. The molecule has 0 aliphatic rings. The van der Waals surface area contributed by atoms with Crippen LogP contribution in [0.5, 0.6) is 11.5 Å². The minimum Gasteiger partial charge on any atom is -1.00 e. The third-order valence-electron chi connectivity index (χ3n) is 4.74. The van der Waals surface area contributed by atoms with E-state index in [1.54, 1.807) is 35.8 Å². The van der Waals surface area contributed by atoms with Crippen LogP contribution in [0.15, 0.2) is 59.6 Å².